The van der Waals surface area contributed by atoms with Crippen molar-refractivity contribution in [2.45, 2.75) is 13.0 Å². The Balaban J connectivity index is 1.62. The second-order valence-electron chi connectivity index (χ2n) is 7.54. The van der Waals surface area contributed by atoms with Gasteiger partial charge in [-0.2, -0.15) is 0 Å². The van der Waals surface area contributed by atoms with E-state index in [0.717, 1.165) is 16.9 Å². The predicted molar refractivity (Wildman–Crippen MR) is 134 cm³/mol. The topological polar surface area (TPSA) is 76.1 Å². The van der Waals surface area contributed by atoms with Gasteiger partial charge in [0.05, 0.1) is 18.0 Å². The number of nitrogens with one attached hydrogen (secondary N) is 2. The molecule has 0 fully saturated rings. The largest absolute Gasteiger partial charge is 0.496 e. The summed E-state index contributed by atoms with van der Waals surface area (Å²) in [6.45, 7) is 3.97. The third-order valence-corrected chi connectivity index (χ3v) is 5.65. The second kappa shape index (κ2) is 9.67. The maximum atomic E-state index is 12.9. The number of anilines is 1. The molecule has 0 aliphatic carbocycles. The molecular weight excluding hydrogens is 434 g/mol. The van der Waals surface area contributed by atoms with E-state index in [1.807, 2.05) is 42.5 Å². The maximum Gasteiger partial charge on any atom is 0.262 e. The van der Waals surface area contributed by atoms with Crippen molar-refractivity contribution < 1.29 is 9.53 Å². The van der Waals surface area contributed by atoms with Crippen LogP contribution in [0.5, 0.6) is 5.75 Å². The van der Waals surface area contributed by atoms with Crippen molar-refractivity contribution in [3.8, 4) is 5.75 Å². The normalized spacial score (nSPS) is 10.7. The zero-order valence-corrected chi connectivity index (χ0v) is 18.9. The van der Waals surface area contributed by atoms with Crippen molar-refractivity contribution in [3.63, 3.8) is 0 Å². The summed E-state index contributed by atoms with van der Waals surface area (Å²) in [5, 5.41) is 3.39. The van der Waals surface area contributed by atoms with E-state index in [1.54, 1.807) is 37.5 Å². The highest BCUT2D eigenvalue weighted by atomic mass is 32.1. The van der Waals surface area contributed by atoms with E-state index >= 15 is 0 Å². The van der Waals surface area contributed by atoms with Crippen molar-refractivity contribution in [1.29, 1.82) is 0 Å². The zero-order valence-electron chi connectivity index (χ0n) is 18.1. The molecule has 0 unspecified atom stereocenters. The Labute approximate surface area is 196 Å². The second-order valence-corrected chi connectivity index (χ2v) is 7.92. The number of benzene rings is 3. The van der Waals surface area contributed by atoms with Crippen molar-refractivity contribution >= 4 is 34.7 Å². The van der Waals surface area contributed by atoms with Crippen LogP contribution in [0.15, 0.2) is 84.2 Å². The standard InChI is InChI=1S/C26H23N3O3S/c1-3-13-29-25(31)21-11-9-18(16-22(21)28-26(29)33)24(30)27-20-10-12-23(32-2)19(15-20)14-17-7-5-4-6-8-17/h3-12,15-16H,1,13-14H2,2H3,(H,27,30)(H,28,33). The molecule has 0 saturated heterocycles. The molecule has 1 heterocycles. The van der Waals surface area contributed by atoms with E-state index < -0.39 is 0 Å². The quantitative estimate of drug-likeness (QED) is 0.299. The first-order chi connectivity index (χ1) is 16.0. The SMILES string of the molecule is C=CCn1c(=S)[nH]c2cc(C(=O)Nc3ccc(OC)c(Cc4ccccc4)c3)ccc2c1=O. The number of methoxy groups -OCH3 is 1. The van der Waals surface area contributed by atoms with Gasteiger partial charge in [-0.05, 0) is 54.2 Å². The predicted octanol–water partition coefficient (Wildman–Crippen LogP) is 5.10. The molecule has 1 amide bonds. The lowest BCUT2D eigenvalue weighted by atomic mass is 10.0. The number of hydrogen-bond donors (Lipinski definition) is 2. The van der Waals surface area contributed by atoms with E-state index in [0.29, 0.717) is 35.1 Å². The molecule has 6 nitrogen and oxygen atoms in total. The Morgan fingerprint density at radius 2 is 1.94 bits per heavy atom. The van der Waals surface area contributed by atoms with Gasteiger partial charge in [-0.25, -0.2) is 0 Å². The first kappa shape index (κ1) is 22.2. The smallest absolute Gasteiger partial charge is 0.262 e. The first-order valence-electron chi connectivity index (χ1n) is 10.4. The lowest BCUT2D eigenvalue weighted by Gasteiger charge is -2.12. The fraction of sp³-hybridized carbons (Fsp3) is 0.115. The number of hydrogen-bond acceptors (Lipinski definition) is 4. The summed E-state index contributed by atoms with van der Waals surface area (Å²) >= 11 is 5.29. The molecule has 7 heteroatoms. The number of amides is 1. The van der Waals surface area contributed by atoms with Gasteiger partial charge in [-0.15, -0.1) is 6.58 Å². The molecule has 0 spiro atoms. The molecule has 4 rings (SSSR count). The van der Waals surface area contributed by atoms with E-state index in [2.05, 4.69) is 16.9 Å². The Morgan fingerprint density at radius 1 is 1.15 bits per heavy atom. The molecular formula is C26H23N3O3S. The van der Waals surface area contributed by atoms with Gasteiger partial charge in [-0.3, -0.25) is 14.2 Å². The van der Waals surface area contributed by atoms with Crippen LogP contribution in [0.1, 0.15) is 21.5 Å². The van der Waals surface area contributed by atoms with Crippen LogP contribution in [0, 0.1) is 4.77 Å². The first-order valence-corrected chi connectivity index (χ1v) is 10.8. The van der Waals surface area contributed by atoms with Gasteiger partial charge in [0.1, 0.15) is 5.75 Å². The number of aromatic nitrogens is 2. The summed E-state index contributed by atoms with van der Waals surface area (Å²) in [7, 11) is 1.63. The van der Waals surface area contributed by atoms with Crippen LogP contribution < -0.4 is 15.6 Å². The molecule has 4 aromatic rings. The summed E-state index contributed by atoms with van der Waals surface area (Å²) in [5.74, 6) is 0.466. The van der Waals surface area contributed by atoms with Gasteiger partial charge < -0.3 is 15.0 Å². The maximum absolute atomic E-state index is 12.9. The molecule has 0 atom stereocenters. The van der Waals surface area contributed by atoms with E-state index in [1.165, 1.54) is 4.57 Å². The Kier molecular flexibility index (Phi) is 6.51. The van der Waals surface area contributed by atoms with Crippen molar-refractivity contribution in [2.75, 3.05) is 12.4 Å². The monoisotopic (exact) mass is 457 g/mol. The van der Waals surface area contributed by atoms with Crippen molar-refractivity contribution in [3.05, 3.63) is 111 Å². The van der Waals surface area contributed by atoms with Crippen LogP contribution in [0.4, 0.5) is 5.69 Å². The van der Waals surface area contributed by atoms with Crippen LogP contribution in [-0.4, -0.2) is 22.6 Å². The van der Waals surface area contributed by atoms with Gasteiger partial charge in [0.25, 0.3) is 11.5 Å². The van der Waals surface area contributed by atoms with E-state index in [4.69, 9.17) is 17.0 Å². The lowest BCUT2D eigenvalue weighted by molar-refractivity contribution is 0.102. The number of carbonyl (C=O) groups excluding carboxylic acids is 1. The minimum atomic E-state index is -0.290. The lowest BCUT2D eigenvalue weighted by Crippen LogP contribution is -2.22. The molecule has 0 radical (unpaired) electrons. The van der Waals surface area contributed by atoms with Crippen LogP contribution in [0.25, 0.3) is 10.9 Å². The van der Waals surface area contributed by atoms with Crippen LogP contribution in [-0.2, 0) is 13.0 Å². The zero-order chi connectivity index (χ0) is 23.4. The van der Waals surface area contributed by atoms with Crippen molar-refractivity contribution in [2.24, 2.45) is 0 Å². The Morgan fingerprint density at radius 3 is 2.67 bits per heavy atom. The van der Waals surface area contributed by atoms with Crippen molar-refractivity contribution in [1.82, 2.24) is 9.55 Å². The van der Waals surface area contributed by atoms with Crippen LogP contribution in [0.2, 0.25) is 0 Å². The molecule has 0 bridgehead atoms. The van der Waals surface area contributed by atoms with Gasteiger partial charge in [0.2, 0.25) is 0 Å². The molecule has 166 valence electrons. The number of H-pyrrole nitrogens is 1. The number of carbonyl (C=O) groups is 1. The minimum Gasteiger partial charge on any atom is -0.496 e. The van der Waals surface area contributed by atoms with E-state index in [-0.39, 0.29) is 16.2 Å². The van der Waals surface area contributed by atoms with E-state index in [9.17, 15) is 9.59 Å². The molecule has 2 N–H and O–H groups in total. The molecule has 0 aliphatic rings. The summed E-state index contributed by atoms with van der Waals surface area (Å²) in [5.41, 5.74) is 3.47. The van der Waals surface area contributed by atoms with Gasteiger partial charge in [0, 0.05) is 29.8 Å². The third-order valence-electron chi connectivity index (χ3n) is 5.33. The summed E-state index contributed by atoms with van der Waals surface area (Å²) in [6.07, 6.45) is 2.29. The number of nitrogens with zero attached hydrogens (tertiary/aromatic N) is 1. The minimum absolute atomic E-state index is 0.221. The summed E-state index contributed by atoms with van der Waals surface area (Å²) in [6, 6.07) is 20.5. The molecule has 33 heavy (non-hydrogen) atoms. The Bertz CT molecular complexity index is 1460. The average molecular weight is 458 g/mol. The number of ether oxygens (including phenoxy) is 1. The highest BCUT2D eigenvalue weighted by molar-refractivity contribution is 7.71. The Hall–Kier alpha value is -3.97. The number of aromatic amines is 1. The fourth-order valence-electron chi connectivity index (χ4n) is 3.70. The summed E-state index contributed by atoms with van der Waals surface area (Å²) < 4.78 is 7.20. The highest BCUT2D eigenvalue weighted by Crippen LogP contribution is 2.26. The average Bonchev–Trinajstić information content (AvgIpc) is 2.82. The van der Waals surface area contributed by atoms with Crippen LogP contribution >= 0.6 is 12.2 Å². The van der Waals surface area contributed by atoms with Gasteiger partial charge in [-0.1, -0.05) is 36.4 Å². The molecule has 0 saturated carbocycles. The third kappa shape index (κ3) is 4.78. The summed E-state index contributed by atoms with van der Waals surface area (Å²) in [4.78, 5) is 28.6. The highest BCUT2D eigenvalue weighted by Gasteiger charge is 2.12. The van der Waals surface area contributed by atoms with Gasteiger partial charge in [0.15, 0.2) is 4.77 Å². The molecule has 3 aromatic carbocycles. The number of allylic oxidation sites excluding steroid dienone is 1. The molecule has 0 aliphatic heterocycles. The van der Waals surface area contributed by atoms with Gasteiger partial charge >= 0.3 is 0 Å². The fourth-order valence-corrected chi connectivity index (χ4v) is 3.97. The van der Waals surface area contributed by atoms with Crippen LogP contribution in [0.3, 0.4) is 0 Å². The number of rotatable bonds is 7. The molecule has 1 aromatic heterocycles. The number of fused-ring (bicyclic) bond motifs is 1.